The first kappa shape index (κ1) is 13.2. The molecule has 6 heteroatoms. The molecule has 0 aromatic rings. The lowest BCUT2D eigenvalue weighted by atomic mass is 9.96. The highest BCUT2D eigenvalue weighted by molar-refractivity contribution is 5.80. The molecule has 0 spiro atoms. The molecule has 0 atom stereocenters. The molecule has 6 nitrogen and oxygen atoms in total. The van der Waals surface area contributed by atoms with Crippen LogP contribution in [-0.4, -0.2) is 29.9 Å². The summed E-state index contributed by atoms with van der Waals surface area (Å²) < 4.78 is 0. The third kappa shape index (κ3) is 3.92. The van der Waals surface area contributed by atoms with Gasteiger partial charge in [0.05, 0.1) is 0 Å². The Morgan fingerprint density at radius 3 is 2.65 bits per heavy atom. The van der Waals surface area contributed by atoms with Gasteiger partial charge >= 0.3 is 0 Å². The van der Waals surface area contributed by atoms with Crippen LogP contribution in [0.15, 0.2) is 29.9 Å². The van der Waals surface area contributed by atoms with E-state index in [0.29, 0.717) is 5.96 Å². The van der Waals surface area contributed by atoms with Crippen LogP contribution in [0.5, 0.6) is 0 Å². The summed E-state index contributed by atoms with van der Waals surface area (Å²) in [5, 5.41) is 0. The van der Waals surface area contributed by atoms with Crippen molar-refractivity contribution < 1.29 is 4.79 Å². The van der Waals surface area contributed by atoms with E-state index in [1.54, 1.807) is 18.4 Å². The third-order valence-electron chi connectivity index (χ3n) is 2.76. The van der Waals surface area contributed by atoms with Gasteiger partial charge < -0.3 is 10.6 Å². The van der Waals surface area contributed by atoms with E-state index in [2.05, 4.69) is 17.0 Å². The van der Waals surface area contributed by atoms with Gasteiger partial charge in [-0.1, -0.05) is 12.7 Å². The van der Waals surface area contributed by atoms with Crippen molar-refractivity contribution in [2.75, 3.05) is 13.1 Å². The molecule has 17 heavy (non-hydrogen) atoms. The van der Waals surface area contributed by atoms with Crippen LogP contribution in [0.3, 0.4) is 0 Å². The fraction of sp³-hybridized carbons (Fsp3) is 0.455. The summed E-state index contributed by atoms with van der Waals surface area (Å²) in [6.45, 7) is 4.98. The van der Waals surface area contributed by atoms with Gasteiger partial charge in [0.2, 0.25) is 5.91 Å². The topological polar surface area (TPSA) is 96.7 Å². The van der Waals surface area contributed by atoms with Crippen molar-refractivity contribution in [3.63, 3.8) is 0 Å². The first-order chi connectivity index (χ1) is 8.19. The Balaban J connectivity index is 2.46. The summed E-state index contributed by atoms with van der Waals surface area (Å²) in [6.07, 6.45) is 6.42. The molecule has 1 amide bonds. The highest BCUT2D eigenvalue weighted by Gasteiger charge is 2.24. The monoisotopic (exact) mass is 237 g/mol. The Kier molecular flexibility index (Phi) is 5.22. The number of rotatable bonds is 3. The van der Waals surface area contributed by atoms with Crippen LogP contribution in [0.25, 0.3) is 0 Å². The second-order valence-corrected chi connectivity index (χ2v) is 3.83. The number of nitrogens with two attached hydrogens (primary N) is 2. The molecule has 1 heterocycles. The van der Waals surface area contributed by atoms with Gasteiger partial charge in [-0.05, 0) is 18.9 Å². The zero-order chi connectivity index (χ0) is 12.7. The van der Waals surface area contributed by atoms with Crippen molar-refractivity contribution in [1.29, 1.82) is 0 Å². The van der Waals surface area contributed by atoms with Crippen LogP contribution >= 0.6 is 0 Å². The van der Waals surface area contributed by atoms with E-state index in [-0.39, 0.29) is 11.8 Å². The number of allylic oxidation sites excluding steroid dienone is 2. The van der Waals surface area contributed by atoms with Gasteiger partial charge in [0.25, 0.3) is 0 Å². The molecule has 1 aliphatic heterocycles. The van der Waals surface area contributed by atoms with Crippen LogP contribution in [0.2, 0.25) is 0 Å². The predicted octanol–water partition coefficient (Wildman–Crippen LogP) is -0.297. The van der Waals surface area contributed by atoms with E-state index in [1.807, 2.05) is 4.90 Å². The van der Waals surface area contributed by atoms with Gasteiger partial charge in [0, 0.05) is 25.2 Å². The normalized spacial score (nSPS) is 18.4. The van der Waals surface area contributed by atoms with Gasteiger partial charge in [-0.25, -0.2) is 10.8 Å². The number of nitrogens with zero attached hydrogens (tertiary/aromatic N) is 2. The maximum absolute atomic E-state index is 11.3. The Morgan fingerprint density at radius 2 is 2.12 bits per heavy atom. The highest BCUT2D eigenvalue weighted by atomic mass is 16.2. The standard InChI is InChI=1S/C11H19N5O/c1-2-3-6-14-11(12)16-7-4-9(5-8-16)10(17)15-13/h2-3,6,9H,1,4-5,7-8,13H2,(H2,12,14)(H,15,17)/b6-3-. The molecule has 0 unspecified atom stereocenters. The van der Waals surface area contributed by atoms with Crippen LogP contribution in [0, 0.1) is 5.92 Å². The van der Waals surface area contributed by atoms with Crippen molar-refractivity contribution in [1.82, 2.24) is 10.3 Å². The number of aliphatic imine (C=N–C) groups is 1. The predicted molar refractivity (Wildman–Crippen MR) is 67.6 cm³/mol. The second kappa shape index (κ2) is 6.70. The molecule has 1 rings (SSSR count). The number of nitrogens with one attached hydrogen (secondary N) is 1. The molecule has 1 saturated heterocycles. The van der Waals surface area contributed by atoms with Crippen LogP contribution < -0.4 is 17.0 Å². The molecular weight excluding hydrogens is 218 g/mol. The van der Waals surface area contributed by atoms with Crippen LogP contribution in [0.4, 0.5) is 0 Å². The molecular formula is C11H19N5O. The van der Waals surface area contributed by atoms with E-state index in [4.69, 9.17) is 11.6 Å². The molecule has 94 valence electrons. The maximum atomic E-state index is 11.3. The fourth-order valence-electron chi connectivity index (χ4n) is 1.75. The molecule has 1 fully saturated rings. The third-order valence-corrected chi connectivity index (χ3v) is 2.76. The first-order valence-electron chi connectivity index (χ1n) is 5.55. The number of hydrogen-bond acceptors (Lipinski definition) is 3. The lowest BCUT2D eigenvalue weighted by molar-refractivity contribution is -0.126. The molecule has 0 bridgehead atoms. The second-order valence-electron chi connectivity index (χ2n) is 3.83. The minimum absolute atomic E-state index is 0.0206. The van der Waals surface area contributed by atoms with E-state index >= 15 is 0 Å². The highest BCUT2D eigenvalue weighted by Crippen LogP contribution is 2.16. The summed E-state index contributed by atoms with van der Waals surface area (Å²) in [4.78, 5) is 17.3. The van der Waals surface area contributed by atoms with Gasteiger partial charge in [0.1, 0.15) is 0 Å². The van der Waals surface area contributed by atoms with Crippen molar-refractivity contribution in [2.24, 2.45) is 22.5 Å². The van der Waals surface area contributed by atoms with E-state index < -0.39 is 0 Å². The minimum Gasteiger partial charge on any atom is -0.370 e. The average Bonchev–Trinajstić information content (AvgIpc) is 2.38. The van der Waals surface area contributed by atoms with E-state index in [1.165, 1.54) is 0 Å². The number of carbonyl (C=O) groups is 1. The van der Waals surface area contributed by atoms with Crippen LogP contribution in [-0.2, 0) is 4.79 Å². The van der Waals surface area contributed by atoms with Gasteiger partial charge in [-0.15, -0.1) is 0 Å². The van der Waals surface area contributed by atoms with Gasteiger partial charge in [-0.2, -0.15) is 0 Å². The summed E-state index contributed by atoms with van der Waals surface area (Å²) in [5.74, 6) is 5.44. The fourth-order valence-corrected chi connectivity index (χ4v) is 1.75. The summed E-state index contributed by atoms with van der Waals surface area (Å²) in [6, 6.07) is 0. The van der Waals surface area contributed by atoms with Crippen molar-refractivity contribution in [2.45, 2.75) is 12.8 Å². The molecule has 5 N–H and O–H groups in total. The number of piperidine rings is 1. The number of hydrazine groups is 1. The summed E-state index contributed by atoms with van der Waals surface area (Å²) >= 11 is 0. The number of carbonyl (C=O) groups excluding carboxylic acids is 1. The zero-order valence-corrected chi connectivity index (χ0v) is 9.80. The number of hydrogen-bond donors (Lipinski definition) is 3. The SMILES string of the molecule is C=C/C=C\N=C(/N)N1CCC(C(=O)NN)CC1. The van der Waals surface area contributed by atoms with Crippen LogP contribution in [0.1, 0.15) is 12.8 Å². The first-order valence-corrected chi connectivity index (χ1v) is 5.55. The largest absolute Gasteiger partial charge is 0.370 e. The molecule has 0 aliphatic carbocycles. The molecule has 0 radical (unpaired) electrons. The lowest BCUT2D eigenvalue weighted by Crippen LogP contribution is -2.46. The van der Waals surface area contributed by atoms with E-state index in [9.17, 15) is 4.79 Å². The van der Waals surface area contributed by atoms with Crippen molar-refractivity contribution in [3.8, 4) is 0 Å². The average molecular weight is 237 g/mol. The number of amides is 1. The zero-order valence-electron chi connectivity index (χ0n) is 9.80. The number of likely N-dealkylation sites (tertiary alicyclic amines) is 1. The van der Waals surface area contributed by atoms with Crippen molar-refractivity contribution in [3.05, 3.63) is 24.9 Å². The quantitative estimate of drug-likeness (QED) is 0.157. The smallest absolute Gasteiger partial charge is 0.237 e. The summed E-state index contributed by atoms with van der Waals surface area (Å²) in [7, 11) is 0. The number of guanidine groups is 1. The Hall–Kier alpha value is -1.82. The van der Waals surface area contributed by atoms with Gasteiger partial charge in [0.15, 0.2) is 5.96 Å². The van der Waals surface area contributed by atoms with Crippen molar-refractivity contribution >= 4 is 11.9 Å². The Morgan fingerprint density at radius 1 is 1.47 bits per heavy atom. The molecule has 0 aromatic carbocycles. The van der Waals surface area contributed by atoms with E-state index in [0.717, 1.165) is 25.9 Å². The minimum atomic E-state index is -0.105. The Labute approximate surface area is 101 Å². The molecule has 0 aromatic heterocycles. The molecule has 0 saturated carbocycles. The maximum Gasteiger partial charge on any atom is 0.237 e. The summed E-state index contributed by atoms with van der Waals surface area (Å²) in [5.41, 5.74) is 7.99. The van der Waals surface area contributed by atoms with Gasteiger partial charge in [-0.3, -0.25) is 10.2 Å². The lowest BCUT2D eigenvalue weighted by Gasteiger charge is -2.31. The Bertz CT molecular complexity index is 329. The molecule has 1 aliphatic rings.